The van der Waals surface area contributed by atoms with Crippen LogP contribution in [0.5, 0.6) is 0 Å². The van der Waals surface area contributed by atoms with Crippen molar-refractivity contribution in [1.82, 2.24) is 10.9 Å². The monoisotopic (exact) mass is 245 g/mol. The number of hydrogen-bond acceptors (Lipinski definition) is 4. The van der Waals surface area contributed by atoms with Crippen LogP contribution < -0.4 is 10.9 Å². The van der Waals surface area contributed by atoms with E-state index in [1.807, 2.05) is 0 Å². The summed E-state index contributed by atoms with van der Waals surface area (Å²) in [6.07, 6.45) is 1.74. The normalized spacial score (nSPS) is 21.3. The van der Waals surface area contributed by atoms with Crippen LogP contribution in [-0.2, 0) is 0 Å². The summed E-state index contributed by atoms with van der Waals surface area (Å²) in [5.74, 6) is 0. The minimum Gasteiger partial charge on any atom is -0.310 e. The molecule has 0 aliphatic carbocycles. The minimum absolute atomic E-state index is 0.0677. The van der Waals surface area contributed by atoms with Gasteiger partial charge in [-0.1, -0.05) is 0 Å². The summed E-state index contributed by atoms with van der Waals surface area (Å²) in [5, 5.41) is 0. The quantitative estimate of drug-likeness (QED) is 0.794. The lowest BCUT2D eigenvalue weighted by Crippen LogP contribution is -2.25. The smallest absolute Gasteiger partial charge is 0.153 e. The van der Waals surface area contributed by atoms with Crippen LogP contribution >= 0.6 is 27.3 Å². The van der Waals surface area contributed by atoms with Crippen LogP contribution in [0.4, 0.5) is 0 Å². The molecule has 0 spiro atoms. The topological polar surface area (TPSA) is 36.4 Å². The molecule has 0 fully saturated rings. The van der Waals surface area contributed by atoms with E-state index in [0.29, 0.717) is 0 Å². The first-order valence-electron chi connectivity index (χ1n) is 3.56. The van der Waals surface area contributed by atoms with Gasteiger partial charge in [0.15, 0.2) is 6.17 Å². The molecule has 1 aliphatic rings. The highest BCUT2D eigenvalue weighted by molar-refractivity contribution is 9.10. The van der Waals surface area contributed by atoms with Crippen LogP contribution in [0.3, 0.4) is 0 Å². The molecule has 0 radical (unpaired) electrons. The number of hydrogen-bond donors (Lipinski definition) is 2. The fourth-order valence-corrected chi connectivity index (χ4v) is 2.95. The third-order valence-corrected chi connectivity index (χ3v) is 3.61. The number of nitrogens with zero attached hydrogens (tertiary/aromatic N) is 1. The molecular weight excluding hydrogens is 238 g/mol. The summed E-state index contributed by atoms with van der Waals surface area (Å²) in [5.41, 5.74) is 5.89. The lowest BCUT2D eigenvalue weighted by molar-refractivity contribution is 0.583. The van der Waals surface area contributed by atoms with Gasteiger partial charge in [0.2, 0.25) is 0 Å². The van der Waals surface area contributed by atoms with Gasteiger partial charge in [-0.15, -0.1) is 11.3 Å². The molecule has 5 heteroatoms. The predicted octanol–water partition coefficient (Wildman–Crippen LogP) is 1.95. The summed E-state index contributed by atoms with van der Waals surface area (Å²) in [6, 6.07) is 2.11. The summed E-state index contributed by atoms with van der Waals surface area (Å²) in [7, 11) is 0. The Balaban J connectivity index is 2.32. The Hall–Kier alpha value is -0.390. The Morgan fingerprint density at radius 3 is 3.00 bits per heavy atom. The first-order chi connectivity index (χ1) is 5.77. The Kier molecular flexibility index (Phi) is 2.16. The molecule has 3 nitrogen and oxygen atoms in total. The van der Waals surface area contributed by atoms with Gasteiger partial charge in [0, 0.05) is 9.35 Å². The van der Waals surface area contributed by atoms with E-state index in [4.69, 9.17) is 0 Å². The summed E-state index contributed by atoms with van der Waals surface area (Å²) in [6.45, 7) is 2.09. The minimum atomic E-state index is 0.0677. The maximum atomic E-state index is 4.21. The highest BCUT2D eigenvalue weighted by atomic mass is 79.9. The van der Waals surface area contributed by atoms with Crippen LogP contribution in [0.25, 0.3) is 0 Å². The van der Waals surface area contributed by atoms with Crippen LogP contribution in [-0.4, -0.2) is 6.34 Å². The number of rotatable bonds is 1. The van der Waals surface area contributed by atoms with E-state index in [0.717, 1.165) is 4.47 Å². The van der Waals surface area contributed by atoms with Crippen molar-refractivity contribution < 1.29 is 0 Å². The molecule has 0 bridgehead atoms. The number of aliphatic imine (C=N–C) groups is 1. The Morgan fingerprint density at radius 1 is 1.67 bits per heavy atom. The Bertz CT molecular complexity index is 320. The van der Waals surface area contributed by atoms with E-state index in [-0.39, 0.29) is 6.17 Å². The molecule has 1 aromatic heterocycles. The molecule has 0 aromatic carbocycles. The van der Waals surface area contributed by atoms with Crippen molar-refractivity contribution in [3.63, 3.8) is 0 Å². The van der Waals surface area contributed by atoms with Crippen molar-refractivity contribution in [2.75, 3.05) is 0 Å². The highest BCUT2D eigenvalue weighted by Crippen LogP contribution is 2.32. The first-order valence-corrected chi connectivity index (χ1v) is 5.17. The van der Waals surface area contributed by atoms with Gasteiger partial charge in [0.25, 0.3) is 0 Å². The van der Waals surface area contributed by atoms with Gasteiger partial charge in [-0.25, -0.2) is 10.4 Å². The summed E-state index contributed by atoms with van der Waals surface area (Å²) >= 11 is 5.24. The largest absolute Gasteiger partial charge is 0.310 e. The molecule has 0 saturated heterocycles. The number of halogens is 1. The molecule has 1 unspecified atom stereocenters. The van der Waals surface area contributed by atoms with Gasteiger partial charge in [0.05, 0.1) is 11.2 Å². The van der Waals surface area contributed by atoms with E-state index in [1.165, 1.54) is 9.75 Å². The fraction of sp³-hybridized carbons (Fsp3) is 0.286. The van der Waals surface area contributed by atoms with E-state index in [9.17, 15) is 0 Å². The van der Waals surface area contributed by atoms with Crippen molar-refractivity contribution in [2.45, 2.75) is 13.1 Å². The van der Waals surface area contributed by atoms with E-state index < -0.39 is 0 Å². The van der Waals surface area contributed by atoms with Crippen molar-refractivity contribution in [2.24, 2.45) is 4.99 Å². The molecule has 2 heterocycles. The molecular formula is C7H8BrN3S. The second kappa shape index (κ2) is 3.16. The van der Waals surface area contributed by atoms with Crippen molar-refractivity contribution in [1.29, 1.82) is 0 Å². The lowest BCUT2D eigenvalue weighted by atomic mass is 10.4. The second-order valence-electron chi connectivity index (χ2n) is 2.54. The molecule has 64 valence electrons. The lowest BCUT2D eigenvalue weighted by Gasteiger charge is -2.04. The number of aryl methyl sites for hydroxylation is 1. The van der Waals surface area contributed by atoms with Crippen molar-refractivity contribution in [3.05, 3.63) is 20.3 Å². The van der Waals surface area contributed by atoms with E-state index in [1.54, 1.807) is 17.7 Å². The summed E-state index contributed by atoms with van der Waals surface area (Å²) < 4.78 is 1.13. The fourth-order valence-electron chi connectivity index (χ4n) is 1.09. The molecule has 1 aliphatic heterocycles. The predicted molar refractivity (Wildman–Crippen MR) is 54.3 cm³/mol. The van der Waals surface area contributed by atoms with Gasteiger partial charge in [0.1, 0.15) is 0 Å². The summed E-state index contributed by atoms with van der Waals surface area (Å²) in [4.78, 5) is 6.72. The van der Waals surface area contributed by atoms with E-state index in [2.05, 4.69) is 44.8 Å². The average Bonchev–Trinajstić information content (AvgIpc) is 2.58. The Morgan fingerprint density at radius 2 is 2.50 bits per heavy atom. The Labute approximate surface area is 83.0 Å². The van der Waals surface area contributed by atoms with Crippen LogP contribution in [0.1, 0.15) is 15.9 Å². The molecule has 2 rings (SSSR count). The molecule has 0 amide bonds. The molecule has 0 saturated carbocycles. The van der Waals surface area contributed by atoms with Crippen molar-refractivity contribution >= 4 is 33.6 Å². The van der Waals surface area contributed by atoms with Gasteiger partial charge in [-0.3, -0.25) is 0 Å². The zero-order valence-corrected chi connectivity index (χ0v) is 8.87. The molecule has 2 N–H and O–H groups in total. The third kappa shape index (κ3) is 1.39. The zero-order valence-electron chi connectivity index (χ0n) is 6.47. The van der Waals surface area contributed by atoms with Crippen LogP contribution in [0.15, 0.2) is 15.5 Å². The molecule has 1 atom stereocenters. The maximum Gasteiger partial charge on any atom is 0.153 e. The zero-order chi connectivity index (χ0) is 8.55. The number of thiophene rings is 1. The highest BCUT2D eigenvalue weighted by Gasteiger charge is 2.17. The maximum absolute atomic E-state index is 4.21. The number of hydrazine groups is 1. The van der Waals surface area contributed by atoms with Gasteiger partial charge in [-0.05, 0) is 28.9 Å². The van der Waals surface area contributed by atoms with Crippen molar-refractivity contribution in [3.8, 4) is 0 Å². The SMILES string of the molecule is Cc1cc(Br)c(C2N=CNN2)s1. The first kappa shape index (κ1) is 8.22. The van der Waals surface area contributed by atoms with E-state index >= 15 is 0 Å². The standard InChI is InChI=1S/C7H8BrN3S/c1-4-2-5(8)6(12-4)7-9-3-10-11-7/h2-3,7,11H,1H3,(H,9,10). The third-order valence-electron chi connectivity index (χ3n) is 1.59. The van der Waals surface area contributed by atoms with Gasteiger partial charge < -0.3 is 5.43 Å². The average molecular weight is 246 g/mol. The van der Waals surface area contributed by atoms with Gasteiger partial charge in [-0.2, -0.15) is 0 Å². The van der Waals surface area contributed by atoms with Crippen LogP contribution in [0.2, 0.25) is 0 Å². The van der Waals surface area contributed by atoms with Crippen LogP contribution in [0, 0.1) is 6.92 Å². The second-order valence-corrected chi connectivity index (χ2v) is 4.68. The van der Waals surface area contributed by atoms with Gasteiger partial charge >= 0.3 is 0 Å². The molecule has 12 heavy (non-hydrogen) atoms. The molecule has 1 aromatic rings. The number of nitrogens with one attached hydrogen (secondary N) is 2.